The Bertz CT molecular complexity index is 733. The van der Waals surface area contributed by atoms with Gasteiger partial charge in [-0.05, 0) is 49.9 Å². The van der Waals surface area contributed by atoms with Gasteiger partial charge in [-0.1, -0.05) is 42.0 Å². The zero-order valence-corrected chi connectivity index (χ0v) is 14.9. The zero-order valence-electron chi connectivity index (χ0n) is 14.1. The summed E-state index contributed by atoms with van der Waals surface area (Å²) in [6.45, 7) is 7.92. The summed E-state index contributed by atoms with van der Waals surface area (Å²) in [6.07, 6.45) is 0. The van der Waals surface area contributed by atoms with Gasteiger partial charge in [0.05, 0.1) is 0 Å². The van der Waals surface area contributed by atoms with Crippen molar-refractivity contribution in [2.75, 3.05) is 11.1 Å². The molecule has 1 atom stereocenters. The van der Waals surface area contributed by atoms with E-state index in [1.54, 1.807) is 0 Å². The molecule has 0 spiro atoms. The standard InChI is InChI=1S/C19H23NO2S/c1-13-8-9-14(2)17(10-13)11-23(22)12-18(21)20-19-15(3)6-5-7-16(19)4/h5-10H,11-12H2,1-4H3,(H,20,21). The Morgan fingerprint density at radius 2 is 1.65 bits per heavy atom. The minimum absolute atomic E-state index is 0.0150. The van der Waals surface area contributed by atoms with E-state index in [4.69, 9.17) is 0 Å². The minimum atomic E-state index is -1.22. The molecule has 0 bridgehead atoms. The van der Waals surface area contributed by atoms with Crippen LogP contribution in [0.1, 0.15) is 27.8 Å². The van der Waals surface area contributed by atoms with Gasteiger partial charge in [0.25, 0.3) is 0 Å². The number of amides is 1. The molecule has 1 unspecified atom stereocenters. The van der Waals surface area contributed by atoms with Gasteiger partial charge in [-0.2, -0.15) is 0 Å². The second-order valence-corrected chi connectivity index (χ2v) is 7.43. The monoisotopic (exact) mass is 329 g/mol. The lowest BCUT2D eigenvalue weighted by Gasteiger charge is -2.12. The molecule has 0 aromatic heterocycles. The summed E-state index contributed by atoms with van der Waals surface area (Å²) in [5.41, 5.74) is 6.14. The van der Waals surface area contributed by atoms with Crippen molar-refractivity contribution in [3.05, 3.63) is 64.2 Å². The van der Waals surface area contributed by atoms with Gasteiger partial charge < -0.3 is 5.32 Å². The fraction of sp³-hybridized carbons (Fsp3) is 0.316. The lowest BCUT2D eigenvalue weighted by Crippen LogP contribution is -2.21. The van der Waals surface area contributed by atoms with Gasteiger partial charge in [0.2, 0.25) is 5.91 Å². The van der Waals surface area contributed by atoms with Crippen molar-refractivity contribution < 1.29 is 9.00 Å². The Balaban J connectivity index is 2.00. The molecular weight excluding hydrogens is 306 g/mol. The molecule has 1 N–H and O–H groups in total. The van der Waals surface area contributed by atoms with Crippen LogP contribution in [0.3, 0.4) is 0 Å². The molecule has 0 aliphatic carbocycles. The Morgan fingerprint density at radius 3 is 2.30 bits per heavy atom. The molecule has 0 aliphatic heterocycles. The van der Waals surface area contributed by atoms with E-state index in [9.17, 15) is 9.00 Å². The van der Waals surface area contributed by atoms with Crippen molar-refractivity contribution in [2.45, 2.75) is 33.4 Å². The van der Waals surface area contributed by atoms with E-state index in [0.717, 1.165) is 33.5 Å². The van der Waals surface area contributed by atoms with Gasteiger partial charge >= 0.3 is 0 Å². The third-order valence-corrected chi connectivity index (χ3v) is 5.08. The first kappa shape index (κ1) is 17.4. The first-order chi connectivity index (χ1) is 10.9. The predicted octanol–water partition coefficient (Wildman–Crippen LogP) is 3.81. The number of carbonyl (C=O) groups excluding carboxylic acids is 1. The molecule has 122 valence electrons. The van der Waals surface area contributed by atoms with E-state index >= 15 is 0 Å². The normalized spacial score (nSPS) is 12.0. The molecular formula is C19H23NO2S. The van der Waals surface area contributed by atoms with E-state index in [1.165, 1.54) is 0 Å². The van der Waals surface area contributed by atoms with Crippen LogP contribution >= 0.6 is 0 Å². The van der Waals surface area contributed by atoms with Gasteiger partial charge in [0, 0.05) is 22.2 Å². The number of para-hydroxylation sites is 1. The smallest absolute Gasteiger partial charge is 0.237 e. The summed E-state index contributed by atoms with van der Waals surface area (Å²) >= 11 is 0. The molecule has 0 saturated carbocycles. The van der Waals surface area contributed by atoms with Gasteiger partial charge in [-0.3, -0.25) is 9.00 Å². The maximum absolute atomic E-state index is 12.3. The van der Waals surface area contributed by atoms with Crippen LogP contribution < -0.4 is 5.32 Å². The highest BCUT2D eigenvalue weighted by atomic mass is 32.2. The first-order valence-corrected chi connectivity index (χ1v) is 9.13. The van der Waals surface area contributed by atoms with Crippen LogP contribution in [0.25, 0.3) is 0 Å². The number of rotatable bonds is 5. The fourth-order valence-corrected chi connectivity index (χ4v) is 3.64. The van der Waals surface area contributed by atoms with Crippen molar-refractivity contribution in [3.8, 4) is 0 Å². The van der Waals surface area contributed by atoms with Crippen LogP contribution in [0.4, 0.5) is 5.69 Å². The third kappa shape index (κ3) is 4.76. The van der Waals surface area contributed by atoms with Crippen LogP contribution in [0.5, 0.6) is 0 Å². The van der Waals surface area contributed by atoms with Crippen molar-refractivity contribution in [1.29, 1.82) is 0 Å². The molecule has 2 aromatic carbocycles. The molecule has 0 saturated heterocycles. The summed E-state index contributed by atoms with van der Waals surface area (Å²) in [6, 6.07) is 12.0. The third-order valence-electron chi connectivity index (χ3n) is 3.86. The Kier molecular flexibility index (Phi) is 5.72. The largest absolute Gasteiger partial charge is 0.325 e. The lowest BCUT2D eigenvalue weighted by atomic mass is 10.1. The Labute approximate surface area is 140 Å². The van der Waals surface area contributed by atoms with E-state index in [2.05, 4.69) is 5.32 Å². The molecule has 0 heterocycles. The summed E-state index contributed by atoms with van der Waals surface area (Å²) in [5, 5.41) is 2.89. The minimum Gasteiger partial charge on any atom is -0.325 e. The van der Waals surface area contributed by atoms with Gasteiger partial charge in [0.1, 0.15) is 5.75 Å². The van der Waals surface area contributed by atoms with Crippen LogP contribution in [0.15, 0.2) is 36.4 Å². The van der Waals surface area contributed by atoms with Crippen molar-refractivity contribution in [1.82, 2.24) is 0 Å². The maximum Gasteiger partial charge on any atom is 0.237 e. The van der Waals surface area contributed by atoms with Crippen LogP contribution in [0.2, 0.25) is 0 Å². The molecule has 23 heavy (non-hydrogen) atoms. The molecule has 0 aliphatic rings. The van der Waals surface area contributed by atoms with E-state index in [1.807, 2.05) is 64.1 Å². The number of hydrogen-bond acceptors (Lipinski definition) is 2. The summed E-state index contributed by atoms with van der Waals surface area (Å²) in [7, 11) is -1.22. The van der Waals surface area contributed by atoms with Crippen LogP contribution in [0, 0.1) is 27.7 Å². The van der Waals surface area contributed by atoms with E-state index in [-0.39, 0.29) is 11.7 Å². The predicted molar refractivity (Wildman–Crippen MR) is 97.2 cm³/mol. The highest BCUT2D eigenvalue weighted by Gasteiger charge is 2.12. The number of nitrogens with one attached hydrogen (secondary N) is 1. The number of hydrogen-bond donors (Lipinski definition) is 1. The first-order valence-electron chi connectivity index (χ1n) is 7.64. The number of benzene rings is 2. The summed E-state index contributed by atoms with van der Waals surface area (Å²) in [5.74, 6) is 0.223. The highest BCUT2D eigenvalue weighted by Crippen LogP contribution is 2.19. The number of anilines is 1. The molecule has 0 radical (unpaired) electrons. The van der Waals surface area contributed by atoms with Crippen molar-refractivity contribution >= 4 is 22.4 Å². The highest BCUT2D eigenvalue weighted by molar-refractivity contribution is 7.84. The zero-order chi connectivity index (χ0) is 17.0. The van der Waals surface area contributed by atoms with Crippen molar-refractivity contribution in [3.63, 3.8) is 0 Å². The summed E-state index contributed by atoms with van der Waals surface area (Å²) < 4.78 is 12.3. The average Bonchev–Trinajstić information content (AvgIpc) is 2.47. The molecule has 1 amide bonds. The van der Waals surface area contributed by atoms with E-state index < -0.39 is 10.8 Å². The maximum atomic E-state index is 12.3. The van der Waals surface area contributed by atoms with Crippen LogP contribution in [-0.2, 0) is 21.3 Å². The SMILES string of the molecule is Cc1ccc(C)c(CS(=O)CC(=O)Nc2c(C)cccc2C)c1. The molecule has 3 nitrogen and oxygen atoms in total. The molecule has 2 rings (SSSR count). The Morgan fingerprint density at radius 1 is 1.00 bits per heavy atom. The molecule has 4 heteroatoms. The lowest BCUT2D eigenvalue weighted by molar-refractivity contribution is -0.113. The number of carbonyl (C=O) groups is 1. The number of aryl methyl sites for hydroxylation is 4. The molecule has 0 fully saturated rings. The topological polar surface area (TPSA) is 46.2 Å². The second kappa shape index (κ2) is 7.55. The van der Waals surface area contributed by atoms with Crippen molar-refractivity contribution in [2.24, 2.45) is 0 Å². The quantitative estimate of drug-likeness (QED) is 0.907. The molecule has 2 aromatic rings. The van der Waals surface area contributed by atoms with Gasteiger partial charge in [-0.25, -0.2) is 0 Å². The van der Waals surface area contributed by atoms with E-state index in [0.29, 0.717) is 5.75 Å². The second-order valence-electron chi connectivity index (χ2n) is 5.97. The van der Waals surface area contributed by atoms with Gasteiger partial charge in [0.15, 0.2) is 0 Å². The van der Waals surface area contributed by atoms with Crippen LogP contribution in [-0.4, -0.2) is 15.9 Å². The average molecular weight is 329 g/mol. The fourth-order valence-electron chi connectivity index (χ4n) is 2.51. The summed E-state index contributed by atoms with van der Waals surface area (Å²) in [4.78, 5) is 12.2. The van der Waals surface area contributed by atoms with Gasteiger partial charge in [-0.15, -0.1) is 0 Å². The Hall–Kier alpha value is -1.94.